The molecule has 5 nitrogen and oxygen atoms in total. The second-order valence-electron chi connectivity index (χ2n) is 7.14. The van der Waals surface area contributed by atoms with Gasteiger partial charge < -0.3 is 10.2 Å². The Morgan fingerprint density at radius 3 is 2.58 bits per heavy atom. The van der Waals surface area contributed by atoms with E-state index >= 15 is 0 Å². The topological polar surface area (TPSA) is 50.2 Å². The van der Waals surface area contributed by atoms with Crippen LogP contribution in [0, 0.1) is 12.3 Å². The monoisotopic (exact) mass is 324 g/mol. The van der Waals surface area contributed by atoms with Crippen LogP contribution in [0.3, 0.4) is 0 Å². The molecule has 5 heteroatoms. The van der Waals surface area contributed by atoms with Gasteiger partial charge in [-0.05, 0) is 56.3 Å². The smallest absolute Gasteiger partial charge is 0.274 e. The minimum atomic E-state index is 0.0635. The lowest BCUT2D eigenvalue weighted by Gasteiger charge is -2.38. The van der Waals surface area contributed by atoms with E-state index in [9.17, 15) is 4.79 Å². The highest BCUT2D eigenvalue weighted by Gasteiger charge is 2.38. The van der Waals surface area contributed by atoms with Gasteiger partial charge in [0.05, 0.1) is 5.69 Å². The van der Waals surface area contributed by atoms with Crippen LogP contribution >= 0.6 is 0 Å². The second-order valence-corrected chi connectivity index (χ2v) is 7.14. The maximum Gasteiger partial charge on any atom is 0.274 e. The van der Waals surface area contributed by atoms with E-state index in [1.165, 1.54) is 6.42 Å². The summed E-state index contributed by atoms with van der Waals surface area (Å²) in [5.41, 5.74) is 2.95. The van der Waals surface area contributed by atoms with Gasteiger partial charge in [-0.1, -0.05) is 18.2 Å². The largest absolute Gasteiger partial charge is 0.337 e. The average molecular weight is 324 g/mol. The molecule has 3 heterocycles. The highest BCUT2D eigenvalue weighted by Crippen LogP contribution is 2.37. The first-order chi connectivity index (χ1) is 11.7. The molecule has 2 aliphatic rings. The number of carbonyl (C=O) groups is 1. The van der Waals surface area contributed by atoms with Crippen molar-refractivity contribution in [1.82, 2.24) is 20.0 Å². The number of likely N-dealkylation sites (tertiary alicyclic amines) is 1. The molecule has 1 aromatic carbocycles. The summed E-state index contributed by atoms with van der Waals surface area (Å²) in [4.78, 5) is 14.8. The summed E-state index contributed by atoms with van der Waals surface area (Å²) in [6.45, 7) is 5.91. The number of hydrogen-bond donors (Lipinski definition) is 1. The normalized spacial score (nSPS) is 19.8. The van der Waals surface area contributed by atoms with Gasteiger partial charge in [-0.3, -0.25) is 4.79 Å². The number of benzene rings is 1. The van der Waals surface area contributed by atoms with E-state index in [1.807, 2.05) is 52.9 Å². The Bertz CT molecular complexity index is 721. The van der Waals surface area contributed by atoms with E-state index < -0.39 is 0 Å². The van der Waals surface area contributed by atoms with Crippen LogP contribution in [0.25, 0.3) is 5.69 Å². The summed E-state index contributed by atoms with van der Waals surface area (Å²) in [5, 5.41) is 8.03. The molecule has 0 atom stereocenters. The maximum absolute atomic E-state index is 12.8. The molecule has 0 bridgehead atoms. The quantitative estimate of drug-likeness (QED) is 0.923. The fourth-order valence-electron chi connectivity index (χ4n) is 3.98. The predicted molar refractivity (Wildman–Crippen MR) is 93.4 cm³/mol. The molecule has 1 spiro atoms. The van der Waals surface area contributed by atoms with E-state index in [2.05, 4.69) is 10.4 Å². The SMILES string of the molecule is Cc1cc(C(=O)N2CCC3(CCNC3)CC2)nn1-c1ccccc1. The Labute approximate surface area is 142 Å². The molecule has 24 heavy (non-hydrogen) atoms. The molecule has 1 amide bonds. The van der Waals surface area contributed by atoms with Gasteiger partial charge in [0.15, 0.2) is 5.69 Å². The first kappa shape index (κ1) is 15.4. The first-order valence-corrected chi connectivity index (χ1v) is 8.79. The number of rotatable bonds is 2. The van der Waals surface area contributed by atoms with Gasteiger partial charge in [-0.2, -0.15) is 5.10 Å². The molecule has 1 aromatic heterocycles. The van der Waals surface area contributed by atoms with E-state index in [4.69, 9.17) is 0 Å². The summed E-state index contributed by atoms with van der Waals surface area (Å²) in [6.07, 6.45) is 3.45. The lowest BCUT2D eigenvalue weighted by Crippen LogP contribution is -2.44. The molecule has 4 rings (SSSR count). The number of carbonyl (C=O) groups excluding carboxylic acids is 1. The minimum Gasteiger partial charge on any atom is -0.337 e. The van der Waals surface area contributed by atoms with Gasteiger partial charge in [-0.25, -0.2) is 4.68 Å². The Balaban J connectivity index is 1.49. The number of para-hydroxylation sites is 1. The Morgan fingerprint density at radius 2 is 1.92 bits per heavy atom. The Hall–Kier alpha value is -2.14. The summed E-state index contributed by atoms with van der Waals surface area (Å²) >= 11 is 0. The fraction of sp³-hybridized carbons (Fsp3) is 0.474. The number of nitrogens with zero attached hydrogens (tertiary/aromatic N) is 3. The van der Waals surface area contributed by atoms with Crippen molar-refractivity contribution in [2.24, 2.45) is 5.41 Å². The van der Waals surface area contributed by atoms with Crippen LogP contribution in [0.5, 0.6) is 0 Å². The molecule has 0 radical (unpaired) electrons. The summed E-state index contributed by atoms with van der Waals surface area (Å²) < 4.78 is 1.85. The molecule has 2 fully saturated rings. The molecule has 2 saturated heterocycles. The van der Waals surface area contributed by atoms with Crippen molar-refractivity contribution in [2.45, 2.75) is 26.2 Å². The molecule has 0 aliphatic carbocycles. The van der Waals surface area contributed by atoms with Crippen molar-refractivity contribution in [3.05, 3.63) is 47.8 Å². The fourth-order valence-corrected chi connectivity index (χ4v) is 3.98. The van der Waals surface area contributed by atoms with Gasteiger partial charge >= 0.3 is 0 Å². The molecule has 126 valence electrons. The zero-order chi connectivity index (χ0) is 16.6. The van der Waals surface area contributed by atoms with Crippen molar-refractivity contribution in [1.29, 1.82) is 0 Å². The van der Waals surface area contributed by atoms with E-state index in [1.54, 1.807) is 0 Å². The predicted octanol–water partition coefficient (Wildman–Crippen LogP) is 2.40. The number of aryl methyl sites for hydroxylation is 1. The lowest BCUT2D eigenvalue weighted by molar-refractivity contribution is 0.0601. The third-order valence-electron chi connectivity index (χ3n) is 5.55. The van der Waals surface area contributed by atoms with Crippen LogP contribution in [0.15, 0.2) is 36.4 Å². The standard InChI is InChI=1S/C19H24N4O/c1-15-13-17(21-23(15)16-5-3-2-4-6-16)18(24)22-11-8-19(9-12-22)7-10-20-14-19/h2-6,13,20H,7-12,14H2,1H3. The van der Waals surface area contributed by atoms with Crippen LogP contribution in [0.4, 0.5) is 0 Å². The average Bonchev–Trinajstić information content (AvgIpc) is 3.23. The van der Waals surface area contributed by atoms with Gasteiger partial charge in [0.1, 0.15) is 0 Å². The zero-order valence-corrected chi connectivity index (χ0v) is 14.2. The van der Waals surface area contributed by atoms with Crippen LogP contribution in [-0.4, -0.2) is 46.8 Å². The maximum atomic E-state index is 12.8. The van der Waals surface area contributed by atoms with Crippen molar-refractivity contribution in [3.63, 3.8) is 0 Å². The molecule has 0 saturated carbocycles. The summed E-state index contributed by atoms with van der Waals surface area (Å²) in [5.74, 6) is 0.0635. The van der Waals surface area contributed by atoms with Crippen LogP contribution < -0.4 is 5.32 Å². The molecule has 2 aromatic rings. The Kier molecular flexibility index (Phi) is 3.88. The number of aromatic nitrogens is 2. The van der Waals surface area contributed by atoms with Crippen LogP contribution in [0.1, 0.15) is 35.4 Å². The van der Waals surface area contributed by atoms with E-state index in [0.29, 0.717) is 11.1 Å². The van der Waals surface area contributed by atoms with Crippen molar-refractivity contribution in [2.75, 3.05) is 26.2 Å². The Morgan fingerprint density at radius 1 is 1.17 bits per heavy atom. The molecule has 0 unspecified atom stereocenters. The molecule has 2 aliphatic heterocycles. The van der Waals surface area contributed by atoms with Crippen molar-refractivity contribution < 1.29 is 4.79 Å². The molecular formula is C19H24N4O. The number of piperidine rings is 1. The summed E-state index contributed by atoms with van der Waals surface area (Å²) in [7, 11) is 0. The van der Waals surface area contributed by atoms with Gasteiger partial charge in [0.25, 0.3) is 5.91 Å². The number of amides is 1. The highest BCUT2D eigenvalue weighted by molar-refractivity contribution is 5.92. The second kappa shape index (κ2) is 6.06. The first-order valence-electron chi connectivity index (χ1n) is 8.79. The summed E-state index contributed by atoms with van der Waals surface area (Å²) in [6, 6.07) is 11.9. The third kappa shape index (κ3) is 2.73. The zero-order valence-electron chi connectivity index (χ0n) is 14.2. The lowest BCUT2D eigenvalue weighted by atomic mass is 9.78. The van der Waals surface area contributed by atoms with Gasteiger partial charge in [0, 0.05) is 25.3 Å². The van der Waals surface area contributed by atoms with Crippen molar-refractivity contribution >= 4 is 5.91 Å². The molecule has 1 N–H and O–H groups in total. The van der Waals surface area contributed by atoms with E-state index in [0.717, 1.165) is 50.4 Å². The van der Waals surface area contributed by atoms with Crippen molar-refractivity contribution in [3.8, 4) is 5.69 Å². The van der Waals surface area contributed by atoms with Gasteiger partial charge in [-0.15, -0.1) is 0 Å². The van der Waals surface area contributed by atoms with Crippen LogP contribution in [0.2, 0.25) is 0 Å². The molecular weight excluding hydrogens is 300 g/mol. The highest BCUT2D eigenvalue weighted by atomic mass is 16.2. The van der Waals surface area contributed by atoms with Crippen LogP contribution in [-0.2, 0) is 0 Å². The third-order valence-corrected chi connectivity index (χ3v) is 5.55. The van der Waals surface area contributed by atoms with Gasteiger partial charge in [0.2, 0.25) is 0 Å². The number of hydrogen-bond acceptors (Lipinski definition) is 3. The number of nitrogens with one attached hydrogen (secondary N) is 1. The minimum absolute atomic E-state index is 0.0635. The van der Waals surface area contributed by atoms with E-state index in [-0.39, 0.29) is 5.91 Å².